The summed E-state index contributed by atoms with van der Waals surface area (Å²) in [5.41, 5.74) is 2.09. The highest BCUT2D eigenvalue weighted by Crippen LogP contribution is 2.33. The highest BCUT2D eigenvalue weighted by molar-refractivity contribution is 9.10. The molecule has 2 heterocycles. The van der Waals surface area contributed by atoms with Gasteiger partial charge in [0.25, 0.3) is 0 Å². The highest BCUT2D eigenvalue weighted by atomic mass is 79.9. The molecule has 1 amide bonds. The van der Waals surface area contributed by atoms with Crippen molar-refractivity contribution in [3.05, 3.63) is 52.5 Å². The van der Waals surface area contributed by atoms with Crippen molar-refractivity contribution in [3.63, 3.8) is 0 Å². The molecule has 30 heavy (non-hydrogen) atoms. The van der Waals surface area contributed by atoms with Gasteiger partial charge in [-0.05, 0) is 74.2 Å². The van der Waals surface area contributed by atoms with Gasteiger partial charge in [-0.25, -0.2) is 8.42 Å². The Kier molecular flexibility index (Phi) is 6.18. The molecule has 0 aliphatic carbocycles. The van der Waals surface area contributed by atoms with E-state index in [4.69, 9.17) is 4.74 Å². The van der Waals surface area contributed by atoms with Crippen molar-refractivity contribution < 1.29 is 17.9 Å². The fourth-order valence-corrected chi connectivity index (χ4v) is 6.14. The molecule has 1 unspecified atom stereocenters. The molecule has 0 saturated carbocycles. The second kappa shape index (κ2) is 8.69. The van der Waals surface area contributed by atoms with Gasteiger partial charge >= 0.3 is 0 Å². The van der Waals surface area contributed by atoms with Crippen LogP contribution < -0.4 is 9.64 Å². The van der Waals surface area contributed by atoms with Crippen LogP contribution in [0.3, 0.4) is 0 Å². The van der Waals surface area contributed by atoms with Crippen LogP contribution in [0.5, 0.6) is 5.75 Å². The fraction of sp³-hybridized carbons (Fsp3) is 0.409. The second-order valence-electron chi connectivity index (χ2n) is 7.62. The largest absolute Gasteiger partial charge is 0.494 e. The zero-order valence-electron chi connectivity index (χ0n) is 16.9. The summed E-state index contributed by atoms with van der Waals surface area (Å²) in [6, 6.07) is 12.4. The summed E-state index contributed by atoms with van der Waals surface area (Å²) in [5, 5.41) is 0. The van der Waals surface area contributed by atoms with E-state index in [-0.39, 0.29) is 23.3 Å². The van der Waals surface area contributed by atoms with Crippen molar-refractivity contribution in [2.75, 3.05) is 31.1 Å². The Hall–Kier alpha value is -1.90. The van der Waals surface area contributed by atoms with Crippen molar-refractivity contribution >= 4 is 37.5 Å². The summed E-state index contributed by atoms with van der Waals surface area (Å²) >= 11 is 3.48. The molecule has 2 aliphatic heterocycles. The number of sulfonamides is 1. The summed E-state index contributed by atoms with van der Waals surface area (Å²) in [6.07, 6.45) is 2.20. The third-order valence-electron chi connectivity index (χ3n) is 5.71. The summed E-state index contributed by atoms with van der Waals surface area (Å²) in [7, 11) is -3.65. The lowest BCUT2D eigenvalue weighted by Crippen LogP contribution is -2.46. The van der Waals surface area contributed by atoms with Crippen LogP contribution in [0.1, 0.15) is 25.3 Å². The lowest BCUT2D eigenvalue weighted by atomic mass is 9.98. The smallest absolute Gasteiger partial charge is 0.243 e. The Labute approximate surface area is 186 Å². The number of rotatable bonds is 5. The van der Waals surface area contributed by atoms with E-state index in [0.29, 0.717) is 38.3 Å². The monoisotopic (exact) mass is 492 g/mol. The average molecular weight is 493 g/mol. The van der Waals surface area contributed by atoms with Crippen LogP contribution in [-0.4, -0.2) is 44.9 Å². The number of anilines is 1. The number of amides is 1. The Bertz CT molecular complexity index is 1040. The molecule has 160 valence electrons. The van der Waals surface area contributed by atoms with Crippen molar-refractivity contribution in [2.45, 2.75) is 31.1 Å². The zero-order valence-corrected chi connectivity index (χ0v) is 19.3. The molecular formula is C22H25BrN2O4S. The third kappa shape index (κ3) is 4.13. The van der Waals surface area contributed by atoms with Gasteiger partial charge in [0.15, 0.2) is 0 Å². The molecule has 8 heteroatoms. The number of benzene rings is 2. The van der Waals surface area contributed by atoms with Crippen LogP contribution in [0.2, 0.25) is 0 Å². The first kappa shape index (κ1) is 21.3. The Morgan fingerprint density at radius 3 is 2.67 bits per heavy atom. The van der Waals surface area contributed by atoms with E-state index in [0.717, 1.165) is 22.1 Å². The van der Waals surface area contributed by atoms with Gasteiger partial charge in [0.05, 0.1) is 17.4 Å². The molecule has 2 aliphatic rings. The van der Waals surface area contributed by atoms with Crippen molar-refractivity contribution in [1.29, 1.82) is 0 Å². The first-order chi connectivity index (χ1) is 14.4. The summed E-state index contributed by atoms with van der Waals surface area (Å²) < 4.78 is 34.1. The Morgan fingerprint density at radius 1 is 1.17 bits per heavy atom. The van der Waals surface area contributed by atoms with E-state index in [1.807, 2.05) is 30.0 Å². The molecule has 2 aromatic rings. The van der Waals surface area contributed by atoms with E-state index >= 15 is 0 Å². The van der Waals surface area contributed by atoms with Crippen LogP contribution in [-0.2, 0) is 21.2 Å². The van der Waals surface area contributed by atoms with Gasteiger partial charge in [-0.15, -0.1) is 0 Å². The van der Waals surface area contributed by atoms with Crippen LogP contribution >= 0.6 is 15.9 Å². The number of carbonyl (C=O) groups excluding carboxylic acids is 1. The lowest BCUT2D eigenvalue weighted by Gasteiger charge is -2.33. The minimum Gasteiger partial charge on any atom is -0.494 e. The van der Waals surface area contributed by atoms with Crippen molar-refractivity contribution in [3.8, 4) is 5.75 Å². The molecule has 6 nitrogen and oxygen atoms in total. The van der Waals surface area contributed by atoms with Gasteiger partial charge in [-0.1, -0.05) is 15.9 Å². The highest BCUT2D eigenvalue weighted by Gasteiger charge is 2.37. The minimum absolute atomic E-state index is 0.0164. The number of piperidine rings is 1. The maximum absolute atomic E-state index is 13.2. The standard InChI is InChI=1S/C22H25BrN2O4S/c1-2-29-19-6-8-20(9-7-19)30(27,28)24-12-3-4-17(15-24)22(26)25-13-11-16-14-18(23)5-10-21(16)25/h5-10,14,17H,2-4,11-13,15H2,1H3. The lowest BCUT2D eigenvalue weighted by molar-refractivity contribution is -0.123. The summed E-state index contributed by atoms with van der Waals surface area (Å²) in [5.74, 6) is 0.330. The Morgan fingerprint density at radius 2 is 1.93 bits per heavy atom. The van der Waals surface area contributed by atoms with E-state index in [1.165, 1.54) is 4.31 Å². The van der Waals surface area contributed by atoms with Gasteiger partial charge in [-0.3, -0.25) is 4.79 Å². The van der Waals surface area contributed by atoms with E-state index < -0.39 is 10.0 Å². The molecule has 1 saturated heterocycles. The number of nitrogens with zero attached hydrogens (tertiary/aromatic N) is 2. The molecule has 0 radical (unpaired) electrons. The van der Waals surface area contributed by atoms with Crippen LogP contribution in [0, 0.1) is 5.92 Å². The average Bonchev–Trinajstić information content (AvgIpc) is 3.17. The number of halogens is 1. The molecule has 4 rings (SSSR count). The van der Waals surface area contributed by atoms with Gasteiger partial charge in [0.1, 0.15) is 5.75 Å². The van der Waals surface area contributed by atoms with Gasteiger partial charge in [0, 0.05) is 29.8 Å². The topological polar surface area (TPSA) is 66.9 Å². The van der Waals surface area contributed by atoms with Crippen molar-refractivity contribution in [1.82, 2.24) is 4.31 Å². The number of carbonyl (C=O) groups is 1. The van der Waals surface area contributed by atoms with E-state index in [1.54, 1.807) is 24.3 Å². The van der Waals surface area contributed by atoms with Crippen LogP contribution in [0.4, 0.5) is 5.69 Å². The molecular weight excluding hydrogens is 468 g/mol. The summed E-state index contributed by atoms with van der Waals surface area (Å²) in [6.45, 7) is 3.71. The molecule has 0 aromatic heterocycles. The van der Waals surface area contributed by atoms with Crippen molar-refractivity contribution in [2.24, 2.45) is 5.92 Å². The molecule has 0 N–H and O–H groups in total. The quantitative estimate of drug-likeness (QED) is 0.635. The van der Waals surface area contributed by atoms with Gasteiger partial charge < -0.3 is 9.64 Å². The predicted molar refractivity (Wildman–Crippen MR) is 119 cm³/mol. The fourth-order valence-electron chi connectivity index (χ4n) is 4.21. The zero-order chi connectivity index (χ0) is 21.3. The first-order valence-electron chi connectivity index (χ1n) is 10.2. The maximum atomic E-state index is 13.2. The third-order valence-corrected chi connectivity index (χ3v) is 8.08. The predicted octanol–water partition coefficient (Wildman–Crippen LogP) is 3.84. The second-order valence-corrected chi connectivity index (χ2v) is 10.5. The normalized spacial score (nSPS) is 19.5. The number of hydrogen-bond donors (Lipinski definition) is 0. The minimum atomic E-state index is -3.65. The number of hydrogen-bond acceptors (Lipinski definition) is 4. The Balaban J connectivity index is 1.50. The molecule has 0 spiro atoms. The van der Waals surface area contributed by atoms with E-state index in [2.05, 4.69) is 15.9 Å². The summed E-state index contributed by atoms with van der Waals surface area (Å²) in [4.78, 5) is 15.3. The number of ether oxygens (including phenoxy) is 1. The molecule has 0 bridgehead atoms. The molecule has 1 atom stereocenters. The van der Waals surface area contributed by atoms with Gasteiger partial charge in [0.2, 0.25) is 15.9 Å². The SMILES string of the molecule is CCOc1ccc(S(=O)(=O)N2CCCC(C(=O)N3CCc4cc(Br)ccc43)C2)cc1. The van der Waals surface area contributed by atoms with E-state index in [9.17, 15) is 13.2 Å². The molecule has 2 aromatic carbocycles. The van der Waals surface area contributed by atoms with Crippen LogP contribution in [0.25, 0.3) is 0 Å². The maximum Gasteiger partial charge on any atom is 0.243 e. The number of fused-ring (bicyclic) bond motifs is 1. The van der Waals surface area contributed by atoms with Crippen LogP contribution in [0.15, 0.2) is 51.8 Å². The first-order valence-corrected chi connectivity index (χ1v) is 12.5. The van der Waals surface area contributed by atoms with Gasteiger partial charge in [-0.2, -0.15) is 4.31 Å². The molecule has 1 fully saturated rings.